The lowest BCUT2D eigenvalue weighted by Crippen LogP contribution is -2.44. The van der Waals surface area contributed by atoms with Gasteiger partial charge in [-0.25, -0.2) is 9.59 Å². The highest BCUT2D eigenvalue weighted by molar-refractivity contribution is 5.67. The fourth-order valence-corrected chi connectivity index (χ4v) is 4.49. The number of H-pyrrole nitrogens is 1. The standard InChI is InChI=1S/C26H31N3O4/c1-26(2)12-10-21(11-13-26)29(25(31)32)16-17-33-23-8-6-19(7-9-23)20-4-3-5-22(18-20)28-15-14-27-24(28)30/h3-9,14-15,18,21H,10-13,16-17H2,1-2H3,(H,27,30)(H,31,32). The first-order valence-electron chi connectivity index (χ1n) is 11.4. The Bertz CT molecular complexity index is 1140. The summed E-state index contributed by atoms with van der Waals surface area (Å²) in [5, 5.41) is 9.67. The van der Waals surface area contributed by atoms with E-state index in [-0.39, 0.29) is 11.7 Å². The van der Waals surface area contributed by atoms with Crippen LogP contribution < -0.4 is 10.4 Å². The molecular formula is C26H31N3O4. The molecule has 174 valence electrons. The van der Waals surface area contributed by atoms with E-state index >= 15 is 0 Å². The van der Waals surface area contributed by atoms with Gasteiger partial charge < -0.3 is 19.7 Å². The van der Waals surface area contributed by atoms with Gasteiger partial charge in [-0.2, -0.15) is 0 Å². The number of carbonyl (C=O) groups is 1. The van der Waals surface area contributed by atoms with Gasteiger partial charge in [-0.05, 0) is 66.5 Å². The number of benzene rings is 2. The van der Waals surface area contributed by atoms with E-state index in [1.54, 1.807) is 17.0 Å². The van der Waals surface area contributed by atoms with Gasteiger partial charge in [-0.15, -0.1) is 0 Å². The van der Waals surface area contributed by atoms with Crippen molar-refractivity contribution >= 4 is 6.09 Å². The number of aromatic nitrogens is 2. The van der Waals surface area contributed by atoms with Gasteiger partial charge >= 0.3 is 11.8 Å². The lowest BCUT2D eigenvalue weighted by atomic mass is 9.75. The Hall–Kier alpha value is -3.48. The van der Waals surface area contributed by atoms with Crippen LogP contribution >= 0.6 is 0 Å². The van der Waals surface area contributed by atoms with Crippen LogP contribution in [0.5, 0.6) is 5.75 Å². The number of nitrogens with zero attached hydrogens (tertiary/aromatic N) is 2. The largest absolute Gasteiger partial charge is 0.492 e. The Labute approximate surface area is 193 Å². The van der Waals surface area contributed by atoms with Crippen molar-refractivity contribution in [1.29, 1.82) is 0 Å². The molecule has 1 fully saturated rings. The van der Waals surface area contributed by atoms with Crippen LogP contribution in [0, 0.1) is 5.41 Å². The third-order valence-electron chi connectivity index (χ3n) is 6.56. The van der Waals surface area contributed by atoms with Crippen molar-refractivity contribution in [3.8, 4) is 22.6 Å². The van der Waals surface area contributed by atoms with Crippen LogP contribution in [-0.2, 0) is 0 Å². The Morgan fingerprint density at radius 3 is 2.52 bits per heavy atom. The molecule has 1 amide bonds. The molecule has 7 nitrogen and oxygen atoms in total. The van der Waals surface area contributed by atoms with Crippen LogP contribution in [0.2, 0.25) is 0 Å². The van der Waals surface area contributed by atoms with Crippen LogP contribution in [0.4, 0.5) is 4.79 Å². The summed E-state index contributed by atoms with van der Waals surface area (Å²) in [4.78, 5) is 27.9. The van der Waals surface area contributed by atoms with E-state index in [1.807, 2.05) is 48.5 Å². The maximum absolute atomic E-state index is 11.9. The summed E-state index contributed by atoms with van der Waals surface area (Å²) in [6.07, 6.45) is 6.34. The molecule has 1 aliphatic rings. The van der Waals surface area contributed by atoms with Gasteiger partial charge in [0.05, 0.1) is 12.2 Å². The minimum absolute atomic E-state index is 0.0707. The summed E-state index contributed by atoms with van der Waals surface area (Å²) in [6.45, 7) is 5.17. The predicted octanol–water partition coefficient (Wildman–Crippen LogP) is 5.16. The Morgan fingerprint density at radius 2 is 1.88 bits per heavy atom. The van der Waals surface area contributed by atoms with Gasteiger partial charge in [0.25, 0.3) is 0 Å². The van der Waals surface area contributed by atoms with Crippen molar-refractivity contribution in [3.05, 3.63) is 71.4 Å². The van der Waals surface area contributed by atoms with Gasteiger partial charge in [-0.3, -0.25) is 4.57 Å². The van der Waals surface area contributed by atoms with Gasteiger partial charge in [-0.1, -0.05) is 38.1 Å². The fourth-order valence-electron chi connectivity index (χ4n) is 4.49. The minimum atomic E-state index is -0.875. The molecule has 7 heteroatoms. The zero-order chi connectivity index (χ0) is 23.4. The average Bonchev–Trinajstić information content (AvgIpc) is 3.23. The van der Waals surface area contributed by atoms with Gasteiger partial charge in [0.15, 0.2) is 0 Å². The molecule has 2 N–H and O–H groups in total. The maximum atomic E-state index is 11.9. The zero-order valence-corrected chi connectivity index (χ0v) is 19.2. The molecule has 1 aliphatic carbocycles. The Kier molecular flexibility index (Phi) is 6.58. The second kappa shape index (κ2) is 9.57. The predicted molar refractivity (Wildman–Crippen MR) is 128 cm³/mol. The van der Waals surface area contributed by atoms with Crippen LogP contribution in [-0.4, -0.2) is 44.8 Å². The monoisotopic (exact) mass is 449 g/mol. The summed E-state index contributed by atoms with van der Waals surface area (Å²) >= 11 is 0. The molecule has 1 heterocycles. The lowest BCUT2D eigenvalue weighted by molar-refractivity contribution is 0.0805. The number of aromatic amines is 1. The second-order valence-electron chi connectivity index (χ2n) is 9.43. The van der Waals surface area contributed by atoms with E-state index in [9.17, 15) is 14.7 Å². The zero-order valence-electron chi connectivity index (χ0n) is 19.2. The first-order valence-corrected chi connectivity index (χ1v) is 11.4. The quantitative estimate of drug-likeness (QED) is 0.522. The number of amides is 1. The molecule has 2 aromatic carbocycles. The molecule has 1 saturated carbocycles. The second-order valence-corrected chi connectivity index (χ2v) is 9.43. The highest BCUT2D eigenvalue weighted by atomic mass is 16.5. The number of hydrogen-bond acceptors (Lipinski definition) is 3. The third kappa shape index (κ3) is 5.48. The SMILES string of the molecule is CC1(C)CCC(N(CCOc2ccc(-c3cccc(-n4cc[nH]c4=O)c3)cc2)C(=O)O)CC1. The summed E-state index contributed by atoms with van der Waals surface area (Å²) in [5.74, 6) is 0.701. The highest BCUT2D eigenvalue weighted by Crippen LogP contribution is 2.37. The van der Waals surface area contributed by atoms with Crippen molar-refractivity contribution < 1.29 is 14.6 Å². The molecule has 0 saturated heterocycles. The topological polar surface area (TPSA) is 87.6 Å². The molecule has 33 heavy (non-hydrogen) atoms. The number of hydrogen-bond donors (Lipinski definition) is 2. The number of rotatable bonds is 7. The van der Waals surface area contributed by atoms with Crippen molar-refractivity contribution in [2.75, 3.05) is 13.2 Å². The molecule has 0 aliphatic heterocycles. The first kappa shape index (κ1) is 22.7. The third-order valence-corrected chi connectivity index (χ3v) is 6.56. The molecular weight excluding hydrogens is 418 g/mol. The van der Waals surface area contributed by atoms with Crippen molar-refractivity contribution in [3.63, 3.8) is 0 Å². The van der Waals surface area contributed by atoms with Crippen LogP contribution in [0.1, 0.15) is 39.5 Å². The molecule has 0 atom stereocenters. The van der Waals surface area contributed by atoms with E-state index in [0.717, 1.165) is 42.5 Å². The summed E-state index contributed by atoms with van der Waals surface area (Å²) in [6, 6.07) is 15.5. The van der Waals surface area contributed by atoms with Gasteiger partial charge in [0.2, 0.25) is 0 Å². The molecule has 0 unspecified atom stereocenters. The van der Waals surface area contributed by atoms with Crippen LogP contribution in [0.25, 0.3) is 16.8 Å². The van der Waals surface area contributed by atoms with E-state index in [2.05, 4.69) is 18.8 Å². The van der Waals surface area contributed by atoms with E-state index in [1.165, 1.54) is 4.90 Å². The maximum Gasteiger partial charge on any atom is 0.407 e. The Morgan fingerprint density at radius 1 is 1.15 bits per heavy atom. The van der Waals surface area contributed by atoms with Gasteiger partial charge in [0, 0.05) is 18.4 Å². The molecule has 1 aromatic heterocycles. The minimum Gasteiger partial charge on any atom is -0.492 e. The van der Waals surface area contributed by atoms with E-state index < -0.39 is 6.09 Å². The number of ether oxygens (including phenoxy) is 1. The molecule has 3 aromatic rings. The van der Waals surface area contributed by atoms with Crippen molar-refractivity contribution in [1.82, 2.24) is 14.5 Å². The highest BCUT2D eigenvalue weighted by Gasteiger charge is 2.32. The van der Waals surface area contributed by atoms with Gasteiger partial charge in [0.1, 0.15) is 12.4 Å². The number of nitrogens with one attached hydrogen (secondary N) is 1. The smallest absolute Gasteiger partial charge is 0.407 e. The number of carboxylic acid groups (broad SMARTS) is 1. The van der Waals surface area contributed by atoms with Crippen LogP contribution in [0.3, 0.4) is 0 Å². The Balaban J connectivity index is 1.36. The van der Waals surface area contributed by atoms with Crippen LogP contribution in [0.15, 0.2) is 65.7 Å². The lowest BCUT2D eigenvalue weighted by Gasteiger charge is -2.38. The van der Waals surface area contributed by atoms with E-state index in [4.69, 9.17) is 4.74 Å². The average molecular weight is 450 g/mol. The normalized spacial score (nSPS) is 15.8. The molecule has 4 rings (SSSR count). The fraction of sp³-hybridized carbons (Fsp3) is 0.385. The van der Waals surface area contributed by atoms with Crippen molar-refractivity contribution in [2.45, 2.75) is 45.6 Å². The van der Waals surface area contributed by atoms with Crippen molar-refractivity contribution in [2.24, 2.45) is 5.41 Å². The molecule has 0 spiro atoms. The van der Waals surface area contributed by atoms with E-state index in [0.29, 0.717) is 24.3 Å². The summed E-state index contributed by atoms with van der Waals surface area (Å²) in [5.41, 5.74) is 2.91. The summed E-state index contributed by atoms with van der Waals surface area (Å²) < 4.78 is 7.41. The summed E-state index contributed by atoms with van der Waals surface area (Å²) in [7, 11) is 0. The molecule has 0 bridgehead atoms. The molecule has 0 radical (unpaired) electrons. The first-order chi connectivity index (χ1) is 15.8. The number of imidazole rings is 1.